The Morgan fingerprint density at radius 1 is 1.00 bits per heavy atom. The van der Waals surface area contributed by atoms with Crippen molar-refractivity contribution in [2.45, 2.75) is 0 Å². The van der Waals surface area contributed by atoms with E-state index < -0.39 is 13.7 Å². The molecule has 0 spiro atoms. The van der Waals surface area contributed by atoms with E-state index >= 15 is 0 Å². The van der Waals surface area contributed by atoms with E-state index in [1.165, 1.54) is 0 Å². The third kappa shape index (κ3) is 1.51. The molecule has 2 aromatic carbocycles. The minimum absolute atomic E-state index is 0.474. The minimum atomic E-state index is -3.16. The summed E-state index contributed by atoms with van der Waals surface area (Å²) in [6, 6.07) is 14.8. The quantitative estimate of drug-likeness (QED) is 0.787. The van der Waals surface area contributed by atoms with E-state index in [-0.39, 0.29) is 0 Å². The van der Waals surface area contributed by atoms with Gasteiger partial charge in [0.15, 0.2) is 0 Å². The van der Waals surface area contributed by atoms with Gasteiger partial charge in [0, 0.05) is 5.56 Å². The molecule has 2 aromatic rings. The summed E-state index contributed by atoms with van der Waals surface area (Å²) < 4.78 is 18.0. The van der Waals surface area contributed by atoms with E-state index in [1.54, 1.807) is 18.2 Å². The predicted octanol–water partition coefficient (Wildman–Crippen LogP) is 2.60. The minimum Gasteiger partial charge on any atom is -0.438 e. The largest absolute Gasteiger partial charge is 0.438 e. The van der Waals surface area contributed by atoms with Gasteiger partial charge in [0.05, 0.1) is 5.30 Å². The van der Waals surface area contributed by atoms with Gasteiger partial charge >= 0.3 is 7.37 Å². The molecule has 86 valence electrons. The van der Waals surface area contributed by atoms with Gasteiger partial charge < -0.3 is 9.63 Å². The molecule has 0 saturated carbocycles. The van der Waals surface area contributed by atoms with Gasteiger partial charge in [-0.25, -0.2) is 0 Å². The van der Waals surface area contributed by atoms with Crippen LogP contribution in [0, 0.1) is 0 Å². The monoisotopic (exact) mass is 246 g/mol. The van der Waals surface area contributed by atoms with E-state index in [9.17, 15) is 9.67 Å². The molecule has 0 amide bonds. The molecule has 0 bridgehead atoms. The molecule has 3 nitrogen and oxygen atoms in total. The zero-order valence-corrected chi connectivity index (χ0v) is 9.93. The standard InChI is InChI=1S/C13H11O3P/c14-9-17(15)13-8-4-2-6-11(13)10-5-1-3-7-12(10)16-17/h1-8,14H,9H2/t17-/m0/s1. The van der Waals surface area contributed by atoms with Crippen LogP contribution in [0.5, 0.6) is 5.75 Å². The van der Waals surface area contributed by atoms with Crippen molar-refractivity contribution in [3.8, 4) is 16.9 Å². The van der Waals surface area contributed by atoms with Crippen LogP contribution in [0.2, 0.25) is 0 Å². The van der Waals surface area contributed by atoms with Crippen LogP contribution in [0.4, 0.5) is 0 Å². The zero-order chi connectivity index (χ0) is 11.9. The molecular formula is C13H11O3P. The Labute approximate surface area is 99.1 Å². The Hall–Kier alpha value is -1.57. The lowest BCUT2D eigenvalue weighted by Crippen LogP contribution is -2.19. The van der Waals surface area contributed by atoms with Crippen LogP contribution in [0.3, 0.4) is 0 Å². The summed E-state index contributed by atoms with van der Waals surface area (Å²) in [7, 11) is -3.16. The van der Waals surface area contributed by atoms with Crippen LogP contribution in [0.15, 0.2) is 48.5 Å². The lowest BCUT2D eigenvalue weighted by molar-refractivity contribution is 0.339. The number of fused-ring (bicyclic) bond motifs is 3. The molecule has 0 saturated heterocycles. The van der Waals surface area contributed by atoms with Crippen LogP contribution in [-0.4, -0.2) is 11.5 Å². The van der Waals surface area contributed by atoms with Crippen molar-refractivity contribution >= 4 is 12.7 Å². The van der Waals surface area contributed by atoms with Crippen molar-refractivity contribution in [2.24, 2.45) is 0 Å². The second-order valence-corrected chi connectivity index (χ2v) is 6.21. The summed E-state index contributed by atoms with van der Waals surface area (Å²) in [6.07, 6.45) is -0.474. The fourth-order valence-corrected chi connectivity index (χ4v) is 3.74. The molecule has 1 atom stereocenters. The summed E-state index contributed by atoms with van der Waals surface area (Å²) >= 11 is 0. The average Bonchev–Trinajstić information content (AvgIpc) is 2.39. The Kier molecular flexibility index (Phi) is 2.32. The second kappa shape index (κ2) is 3.73. The van der Waals surface area contributed by atoms with Crippen LogP contribution in [0.1, 0.15) is 0 Å². The van der Waals surface area contributed by atoms with Gasteiger partial charge in [0.2, 0.25) is 0 Å². The van der Waals surface area contributed by atoms with Gasteiger partial charge in [-0.05, 0) is 17.7 Å². The van der Waals surface area contributed by atoms with E-state index in [0.29, 0.717) is 11.1 Å². The molecule has 3 rings (SSSR count). The lowest BCUT2D eigenvalue weighted by Gasteiger charge is -2.27. The number of aliphatic hydroxyl groups is 1. The third-order valence-electron chi connectivity index (χ3n) is 2.88. The Morgan fingerprint density at radius 3 is 2.41 bits per heavy atom. The number of hydrogen-bond acceptors (Lipinski definition) is 3. The first-order valence-corrected chi connectivity index (χ1v) is 7.14. The molecular weight excluding hydrogens is 235 g/mol. The smallest absolute Gasteiger partial charge is 0.302 e. The number of aliphatic hydroxyl groups excluding tert-OH is 1. The molecule has 0 fully saturated rings. The van der Waals surface area contributed by atoms with Crippen molar-refractivity contribution < 1.29 is 14.2 Å². The molecule has 1 heterocycles. The first kappa shape index (κ1) is 10.6. The Balaban J connectivity index is 2.34. The topological polar surface area (TPSA) is 46.5 Å². The van der Waals surface area contributed by atoms with Crippen LogP contribution >= 0.6 is 7.37 Å². The first-order chi connectivity index (χ1) is 8.24. The van der Waals surface area contributed by atoms with Crippen molar-refractivity contribution in [1.82, 2.24) is 0 Å². The van der Waals surface area contributed by atoms with Gasteiger partial charge in [-0.3, -0.25) is 4.57 Å². The lowest BCUT2D eigenvalue weighted by atomic mass is 10.0. The zero-order valence-electron chi connectivity index (χ0n) is 9.04. The normalized spacial score (nSPS) is 21.2. The first-order valence-electron chi connectivity index (χ1n) is 5.33. The van der Waals surface area contributed by atoms with Crippen LogP contribution in [0.25, 0.3) is 11.1 Å². The van der Waals surface area contributed by atoms with Crippen molar-refractivity contribution in [3.05, 3.63) is 48.5 Å². The fraction of sp³-hybridized carbons (Fsp3) is 0.0769. The van der Waals surface area contributed by atoms with Crippen LogP contribution in [-0.2, 0) is 4.57 Å². The van der Waals surface area contributed by atoms with Gasteiger partial charge in [0.1, 0.15) is 12.1 Å². The van der Waals surface area contributed by atoms with Crippen molar-refractivity contribution in [1.29, 1.82) is 0 Å². The molecule has 0 aromatic heterocycles. The summed E-state index contributed by atoms with van der Waals surface area (Å²) in [4.78, 5) is 0. The summed E-state index contributed by atoms with van der Waals surface area (Å²) in [5.41, 5.74) is 1.80. The SMILES string of the molecule is O=[P@@]1(CO)Oc2ccccc2-c2ccccc21. The van der Waals surface area contributed by atoms with Crippen LogP contribution < -0.4 is 9.83 Å². The summed E-state index contributed by atoms with van der Waals surface area (Å²) in [5.74, 6) is 0.573. The Bertz CT molecular complexity index is 622. The van der Waals surface area contributed by atoms with Crippen molar-refractivity contribution in [3.63, 3.8) is 0 Å². The van der Waals surface area contributed by atoms with Gasteiger partial charge in [0.25, 0.3) is 0 Å². The Morgan fingerprint density at radius 2 is 1.65 bits per heavy atom. The van der Waals surface area contributed by atoms with Gasteiger partial charge in [-0.2, -0.15) is 0 Å². The number of hydrogen-bond donors (Lipinski definition) is 1. The molecule has 1 aliphatic heterocycles. The van der Waals surface area contributed by atoms with E-state index in [0.717, 1.165) is 11.1 Å². The molecule has 1 aliphatic rings. The number of rotatable bonds is 1. The van der Waals surface area contributed by atoms with E-state index in [2.05, 4.69) is 0 Å². The van der Waals surface area contributed by atoms with Crippen molar-refractivity contribution in [2.75, 3.05) is 6.35 Å². The highest BCUT2D eigenvalue weighted by Gasteiger charge is 2.34. The highest BCUT2D eigenvalue weighted by molar-refractivity contribution is 7.67. The maximum absolute atomic E-state index is 12.5. The van der Waals surface area contributed by atoms with Gasteiger partial charge in [-0.1, -0.05) is 36.4 Å². The maximum atomic E-state index is 12.5. The third-order valence-corrected chi connectivity index (χ3v) is 4.87. The maximum Gasteiger partial charge on any atom is 0.302 e. The highest BCUT2D eigenvalue weighted by atomic mass is 31.2. The average molecular weight is 246 g/mol. The molecule has 4 heteroatoms. The van der Waals surface area contributed by atoms with E-state index in [4.69, 9.17) is 4.52 Å². The van der Waals surface area contributed by atoms with Gasteiger partial charge in [-0.15, -0.1) is 0 Å². The predicted molar refractivity (Wildman–Crippen MR) is 66.8 cm³/mol. The summed E-state index contributed by atoms with van der Waals surface area (Å²) in [5, 5.41) is 9.93. The van der Waals surface area contributed by atoms with E-state index in [1.807, 2.05) is 30.3 Å². The molecule has 0 aliphatic carbocycles. The molecule has 1 N–H and O–H groups in total. The molecule has 0 unspecified atom stereocenters. The highest BCUT2D eigenvalue weighted by Crippen LogP contribution is 2.53. The number of benzene rings is 2. The second-order valence-electron chi connectivity index (χ2n) is 3.92. The fourth-order valence-electron chi connectivity index (χ4n) is 2.08. The molecule has 17 heavy (non-hydrogen) atoms. The number of para-hydroxylation sites is 1. The summed E-state index contributed by atoms with van der Waals surface area (Å²) in [6.45, 7) is 0. The molecule has 0 radical (unpaired) electrons.